The second kappa shape index (κ2) is 9.44. The Balaban J connectivity index is 2.19. The third kappa shape index (κ3) is 4.81. The minimum absolute atomic E-state index is 0.164. The van der Waals surface area contributed by atoms with Crippen LogP contribution in [0.25, 0.3) is 5.69 Å². The van der Waals surface area contributed by atoms with E-state index < -0.39 is 5.82 Å². The SMILES string of the molecule is CCCO/N=C(\c1ccc(=O)n(-c2c(Cl)cccc2Cl)c1)c1ccc(F)cc1Cl. The molecule has 0 radical (unpaired) electrons. The van der Waals surface area contributed by atoms with E-state index in [4.69, 9.17) is 39.6 Å². The average molecular weight is 454 g/mol. The summed E-state index contributed by atoms with van der Waals surface area (Å²) in [6.45, 7) is 2.33. The van der Waals surface area contributed by atoms with E-state index in [0.29, 0.717) is 39.2 Å². The van der Waals surface area contributed by atoms with Gasteiger partial charge in [-0.3, -0.25) is 9.36 Å². The lowest BCUT2D eigenvalue weighted by atomic mass is 10.0. The summed E-state index contributed by atoms with van der Waals surface area (Å²) in [7, 11) is 0. The van der Waals surface area contributed by atoms with Gasteiger partial charge in [0.2, 0.25) is 0 Å². The monoisotopic (exact) mass is 452 g/mol. The molecule has 0 bridgehead atoms. The van der Waals surface area contributed by atoms with Crippen molar-refractivity contribution in [3.05, 3.63) is 97.1 Å². The van der Waals surface area contributed by atoms with Crippen molar-refractivity contribution < 1.29 is 9.23 Å². The maximum absolute atomic E-state index is 13.5. The topological polar surface area (TPSA) is 43.6 Å². The van der Waals surface area contributed by atoms with Gasteiger partial charge >= 0.3 is 0 Å². The van der Waals surface area contributed by atoms with E-state index in [0.717, 1.165) is 6.42 Å². The van der Waals surface area contributed by atoms with Crippen LogP contribution in [-0.4, -0.2) is 16.9 Å². The van der Waals surface area contributed by atoms with Crippen molar-refractivity contribution in [2.24, 2.45) is 5.16 Å². The van der Waals surface area contributed by atoms with Crippen molar-refractivity contribution >= 4 is 40.5 Å². The van der Waals surface area contributed by atoms with Gasteiger partial charge in [0.25, 0.3) is 5.56 Å². The quantitative estimate of drug-likeness (QED) is 0.256. The molecule has 3 rings (SSSR count). The standard InChI is InChI=1S/C21H16Cl3FN2O2/c1-2-10-29-26-20(15-8-7-14(25)11-18(15)24)13-6-9-19(28)27(12-13)21-16(22)4-3-5-17(21)23/h3-9,11-12H,2,10H2,1H3/b26-20+. The van der Waals surface area contributed by atoms with Gasteiger partial charge in [-0.2, -0.15) is 0 Å². The second-order valence-corrected chi connectivity index (χ2v) is 7.32. The first-order valence-corrected chi connectivity index (χ1v) is 9.88. The Hall–Kier alpha value is -2.34. The molecule has 4 nitrogen and oxygen atoms in total. The Morgan fingerprint density at radius 1 is 1.07 bits per heavy atom. The highest BCUT2D eigenvalue weighted by molar-refractivity contribution is 6.38. The Kier molecular flexibility index (Phi) is 6.96. The fourth-order valence-electron chi connectivity index (χ4n) is 2.66. The van der Waals surface area contributed by atoms with Crippen LogP contribution in [0.5, 0.6) is 0 Å². The lowest BCUT2D eigenvalue weighted by molar-refractivity contribution is 0.145. The predicted octanol–water partition coefficient (Wildman–Crippen LogP) is 6.12. The van der Waals surface area contributed by atoms with Crippen molar-refractivity contribution in [2.75, 3.05) is 6.61 Å². The molecule has 0 amide bonds. The Labute approximate surface area is 182 Å². The van der Waals surface area contributed by atoms with Crippen LogP contribution in [0.15, 0.2) is 64.7 Å². The first-order chi connectivity index (χ1) is 13.9. The molecule has 0 saturated heterocycles. The van der Waals surface area contributed by atoms with E-state index in [1.165, 1.54) is 28.8 Å². The number of rotatable bonds is 6. The molecule has 0 spiro atoms. The zero-order chi connectivity index (χ0) is 21.0. The summed E-state index contributed by atoms with van der Waals surface area (Å²) in [6, 6.07) is 11.9. The molecule has 0 aliphatic heterocycles. The van der Waals surface area contributed by atoms with E-state index >= 15 is 0 Å². The van der Waals surface area contributed by atoms with Gasteiger partial charge in [-0.05, 0) is 42.8 Å². The molecule has 0 aliphatic rings. The number of oxime groups is 1. The zero-order valence-electron chi connectivity index (χ0n) is 15.3. The molecule has 150 valence electrons. The first-order valence-electron chi connectivity index (χ1n) is 8.75. The van der Waals surface area contributed by atoms with Crippen LogP contribution in [0.4, 0.5) is 4.39 Å². The maximum atomic E-state index is 13.5. The number of pyridine rings is 1. The van der Waals surface area contributed by atoms with Gasteiger partial charge in [0, 0.05) is 23.4 Å². The Morgan fingerprint density at radius 3 is 2.45 bits per heavy atom. The van der Waals surface area contributed by atoms with Crippen LogP contribution in [0.3, 0.4) is 0 Å². The average Bonchev–Trinajstić information content (AvgIpc) is 2.67. The molecule has 1 aromatic heterocycles. The molecule has 0 aliphatic carbocycles. The molecular formula is C21H16Cl3FN2O2. The summed E-state index contributed by atoms with van der Waals surface area (Å²) in [5.74, 6) is -0.472. The molecule has 0 unspecified atom stereocenters. The van der Waals surface area contributed by atoms with E-state index in [-0.39, 0.29) is 10.6 Å². The summed E-state index contributed by atoms with van der Waals surface area (Å²) >= 11 is 18.8. The highest BCUT2D eigenvalue weighted by atomic mass is 35.5. The molecule has 8 heteroatoms. The van der Waals surface area contributed by atoms with Gasteiger partial charge < -0.3 is 4.84 Å². The van der Waals surface area contributed by atoms with E-state index in [1.807, 2.05) is 6.92 Å². The number of benzene rings is 2. The summed E-state index contributed by atoms with van der Waals surface area (Å²) in [6.07, 6.45) is 2.30. The number of para-hydroxylation sites is 1. The smallest absolute Gasteiger partial charge is 0.255 e. The number of hydrogen-bond donors (Lipinski definition) is 0. The van der Waals surface area contributed by atoms with Gasteiger partial charge in [0.15, 0.2) is 0 Å². The van der Waals surface area contributed by atoms with Gasteiger partial charge in [0.05, 0.1) is 20.8 Å². The fourth-order valence-corrected chi connectivity index (χ4v) is 3.50. The first kappa shape index (κ1) is 21.4. The Morgan fingerprint density at radius 2 is 1.79 bits per heavy atom. The van der Waals surface area contributed by atoms with Gasteiger partial charge in [-0.1, -0.05) is 52.9 Å². The normalized spacial score (nSPS) is 11.6. The third-order valence-corrected chi connectivity index (χ3v) is 4.92. The number of hydrogen-bond acceptors (Lipinski definition) is 3. The van der Waals surface area contributed by atoms with Gasteiger partial charge in [-0.15, -0.1) is 0 Å². The number of aromatic nitrogens is 1. The minimum atomic E-state index is -0.472. The van der Waals surface area contributed by atoms with Crippen molar-refractivity contribution in [1.82, 2.24) is 4.57 Å². The van der Waals surface area contributed by atoms with Crippen molar-refractivity contribution in [3.8, 4) is 5.69 Å². The summed E-state index contributed by atoms with van der Waals surface area (Å²) in [5, 5.41) is 4.98. The van der Waals surface area contributed by atoms with Crippen molar-refractivity contribution in [3.63, 3.8) is 0 Å². The van der Waals surface area contributed by atoms with Crippen LogP contribution in [0.2, 0.25) is 15.1 Å². The van der Waals surface area contributed by atoms with Crippen LogP contribution >= 0.6 is 34.8 Å². The molecule has 1 heterocycles. The van der Waals surface area contributed by atoms with Crippen molar-refractivity contribution in [2.45, 2.75) is 13.3 Å². The number of halogens is 4. The van der Waals surface area contributed by atoms with E-state index in [1.54, 1.807) is 30.5 Å². The lowest BCUT2D eigenvalue weighted by Crippen LogP contribution is -2.20. The molecular weight excluding hydrogens is 438 g/mol. The van der Waals surface area contributed by atoms with E-state index in [9.17, 15) is 9.18 Å². The molecule has 0 atom stereocenters. The van der Waals surface area contributed by atoms with Crippen LogP contribution in [-0.2, 0) is 4.84 Å². The van der Waals surface area contributed by atoms with Crippen LogP contribution in [0, 0.1) is 5.82 Å². The summed E-state index contributed by atoms with van der Waals surface area (Å²) in [5.41, 5.74) is 1.34. The molecule has 3 aromatic rings. The second-order valence-electron chi connectivity index (χ2n) is 6.09. The summed E-state index contributed by atoms with van der Waals surface area (Å²) < 4.78 is 14.8. The summed E-state index contributed by atoms with van der Waals surface area (Å²) in [4.78, 5) is 17.9. The highest BCUT2D eigenvalue weighted by Crippen LogP contribution is 2.28. The predicted molar refractivity (Wildman–Crippen MR) is 115 cm³/mol. The van der Waals surface area contributed by atoms with Gasteiger partial charge in [-0.25, -0.2) is 4.39 Å². The Bertz CT molecular complexity index is 1110. The van der Waals surface area contributed by atoms with Crippen molar-refractivity contribution in [1.29, 1.82) is 0 Å². The number of nitrogens with zero attached hydrogens (tertiary/aromatic N) is 2. The molecule has 29 heavy (non-hydrogen) atoms. The van der Waals surface area contributed by atoms with Crippen LogP contribution < -0.4 is 5.56 Å². The minimum Gasteiger partial charge on any atom is -0.395 e. The van der Waals surface area contributed by atoms with E-state index in [2.05, 4.69) is 5.16 Å². The molecule has 0 saturated carbocycles. The highest BCUT2D eigenvalue weighted by Gasteiger charge is 2.16. The third-order valence-electron chi connectivity index (χ3n) is 4.00. The van der Waals surface area contributed by atoms with Gasteiger partial charge in [0.1, 0.15) is 18.1 Å². The lowest BCUT2D eigenvalue weighted by Gasteiger charge is -2.14. The van der Waals surface area contributed by atoms with Crippen LogP contribution in [0.1, 0.15) is 24.5 Å². The molecule has 0 N–H and O–H groups in total. The molecule has 0 fully saturated rings. The fraction of sp³-hybridized carbons (Fsp3) is 0.143. The zero-order valence-corrected chi connectivity index (χ0v) is 17.6. The maximum Gasteiger partial charge on any atom is 0.255 e. The molecule has 2 aromatic carbocycles. The largest absolute Gasteiger partial charge is 0.395 e.